The molecule has 1 aromatic rings. The number of alkyl halides is 3. The third-order valence-electron chi connectivity index (χ3n) is 1.01. The second-order valence-electron chi connectivity index (χ2n) is 1.79. The molecule has 0 aliphatic carbocycles. The van der Waals surface area contributed by atoms with Crippen LogP contribution < -0.4 is 5.32 Å². The molecule has 0 saturated heterocycles. The van der Waals surface area contributed by atoms with Crippen molar-refractivity contribution >= 4 is 16.5 Å². The van der Waals surface area contributed by atoms with Crippen molar-refractivity contribution in [1.82, 2.24) is 4.98 Å². The highest BCUT2D eigenvalue weighted by atomic mass is 32.1. The second kappa shape index (κ2) is 2.69. The summed E-state index contributed by atoms with van der Waals surface area (Å²) < 4.78 is 35.6. The summed E-state index contributed by atoms with van der Waals surface area (Å²) >= 11 is 0.934. The number of rotatable bonds is 1. The Bertz CT molecular complexity index is 242. The van der Waals surface area contributed by atoms with Gasteiger partial charge >= 0.3 is 6.18 Å². The van der Waals surface area contributed by atoms with Crippen molar-refractivity contribution in [2.45, 2.75) is 6.18 Å². The van der Waals surface area contributed by atoms with Gasteiger partial charge in [0.25, 0.3) is 0 Å². The molecule has 1 heterocycles. The van der Waals surface area contributed by atoms with E-state index in [9.17, 15) is 13.2 Å². The van der Waals surface area contributed by atoms with Crippen LogP contribution in [0.1, 0.15) is 5.69 Å². The molecule has 1 rings (SSSR count). The first-order chi connectivity index (χ1) is 5.04. The van der Waals surface area contributed by atoms with E-state index in [-0.39, 0.29) is 5.13 Å². The first-order valence-electron chi connectivity index (χ1n) is 2.74. The smallest absolute Gasteiger partial charge is 0.365 e. The number of aromatic nitrogens is 1. The van der Waals surface area contributed by atoms with E-state index in [0.717, 1.165) is 16.7 Å². The summed E-state index contributed by atoms with van der Waals surface area (Å²) in [6.07, 6.45) is -4.33. The van der Waals surface area contributed by atoms with Crippen molar-refractivity contribution in [3.05, 3.63) is 11.1 Å². The fourth-order valence-electron chi connectivity index (χ4n) is 0.519. The molecule has 0 aliphatic rings. The van der Waals surface area contributed by atoms with Crippen LogP contribution in [0.3, 0.4) is 0 Å². The highest BCUT2D eigenvalue weighted by Crippen LogP contribution is 2.31. The van der Waals surface area contributed by atoms with E-state index in [0.29, 0.717) is 0 Å². The Morgan fingerprint density at radius 3 is 2.45 bits per heavy atom. The van der Waals surface area contributed by atoms with Crippen molar-refractivity contribution in [2.24, 2.45) is 0 Å². The molecular formula is C5H5F3N2S. The lowest BCUT2D eigenvalue weighted by Crippen LogP contribution is -2.05. The SMILES string of the molecule is CNc1nc(C(F)(F)F)cs1. The van der Waals surface area contributed by atoms with E-state index in [1.807, 2.05) is 0 Å². The predicted molar refractivity (Wildman–Crippen MR) is 36.7 cm³/mol. The Morgan fingerprint density at radius 1 is 1.55 bits per heavy atom. The highest BCUT2D eigenvalue weighted by molar-refractivity contribution is 7.13. The Hall–Kier alpha value is -0.780. The Kier molecular flexibility index (Phi) is 2.03. The van der Waals surface area contributed by atoms with Gasteiger partial charge in [0.15, 0.2) is 10.8 Å². The lowest BCUT2D eigenvalue weighted by molar-refractivity contribution is -0.140. The lowest BCUT2D eigenvalue weighted by Gasteiger charge is -1.99. The second-order valence-corrected chi connectivity index (χ2v) is 2.64. The van der Waals surface area contributed by atoms with Crippen molar-refractivity contribution in [2.75, 3.05) is 12.4 Å². The van der Waals surface area contributed by atoms with Crippen LogP contribution in [0, 0.1) is 0 Å². The normalized spacial score (nSPS) is 11.6. The maximum absolute atomic E-state index is 11.9. The van der Waals surface area contributed by atoms with Crippen molar-refractivity contribution in [3.63, 3.8) is 0 Å². The van der Waals surface area contributed by atoms with E-state index in [1.54, 1.807) is 0 Å². The summed E-state index contributed by atoms with van der Waals surface area (Å²) in [6.45, 7) is 0. The van der Waals surface area contributed by atoms with Crippen LogP contribution in [0.5, 0.6) is 0 Å². The van der Waals surface area contributed by atoms with Crippen molar-refractivity contribution in [3.8, 4) is 0 Å². The van der Waals surface area contributed by atoms with Gasteiger partial charge < -0.3 is 5.32 Å². The zero-order valence-electron chi connectivity index (χ0n) is 5.57. The largest absolute Gasteiger partial charge is 0.434 e. The first kappa shape index (κ1) is 8.32. The van der Waals surface area contributed by atoms with Crippen LogP contribution in [-0.2, 0) is 6.18 Å². The molecule has 2 nitrogen and oxygen atoms in total. The van der Waals surface area contributed by atoms with Gasteiger partial charge in [0.2, 0.25) is 0 Å². The Morgan fingerprint density at radius 2 is 2.18 bits per heavy atom. The molecule has 11 heavy (non-hydrogen) atoms. The molecule has 0 fully saturated rings. The third-order valence-corrected chi connectivity index (χ3v) is 1.87. The molecule has 0 spiro atoms. The number of halogens is 3. The molecule has 1 aromatic heterocycles. The summed E-state index contributed by atoms with van der Waals surface area (Å²) in [4.78, 5) is 3.28. The molecule has 1 N–H and O–H groups in total. The molecule has 6 heteroatoms. The topological polar surface area (TPSA) is 24.9 Å². The number of hydrogen-bond acceptors (Lipinski definition) is 3. The number of hydrogen-bond donors (Lipinski definition) is 1. The summed E-state index contributed by atoms with van der Waals surface area (Å²) in [7, 11) is 1.53. The highest BCUT2D eigenvalue weighted by Gasteiger charge is 2.33. The van der Waals surface area contributed by atoms with Crippen molar-refractivity contribution in [1.29, 1.82) is 0 Å². The maximum atomic E-state index is 11.9. The van der Waals surface area contributed by atoms with E-state index < -0.39 is 11.9 Å². The van der Waals surface area contributed by atoms with E-state index >= 15 is 0 Å². The van der Waals surface area contributed by atoms with E-state index in [4.69, 9.17) is 0 Å². The average molecular weight is 182 g/mol. The molecular weight excluding hydrogens is 177 g/mol. The van der Waals surface area contributed by atoms with Crippen LogP contribution in [-0.4, -0.2) is 12.0 Å². The molecule has 0 aromatic carbocycles. The molecule has 0 unspecified atom stereocenters. The number of thiazole rings is 1. The van der Waals surface area contributed by atoms with Gasteiger partial charge in [0.05, 0.1) is 0 Å². The number of nitrogens with zero attached hydrogens (tertiary/aromatic N) is 1. The maximum Gasteiger partial charge on any atom is 0.434 e. The molecule has 0 amide bonds. The summed E-state index contributed by atoms with van der Waals surface area (Å²) in [5, 5.41) is 3.78. The summed E-state index contributed by atoms with van der Waals surface area (Å²) in [5.41, 5.74) is -0.841. The van der Waals surface area contributed by atoms with Gasteiger partial charge in [-0.2, -0.15) is 13.2 Å². The minimum atomic E-state index is -4.33. The van der Waals surface area contributed by atoms with Crippen molar-refractivity contribution < 1.29 is 13.2 Å². The van der Waals surface area contributed by atoms with Gasteiger partial charge in [-0.25, -0.2) is 4.98 Å². The van der Waals surface area contributed by atoms with Crippen LogP contribution in [0.4, 0.5) is 18.3 Å². The lowest BCUT2D eigenvalue weighted by atomic mass is 10.5. The van der Waals surface area contributed by atoms with Crippen LogP contribution in [0.2, 0.25) is 0 Å². The van der Waals surface area contributed by atoms with Crippen LogP contribution in [0.25, 0.3) is 0 Å². The predicted octanol–water partition coefficient (Wildman–Crippen LogP) is 2.20. The zero-order valence-corrected chi connectivity index (χ0v) is 6.38. The van der Waals surface area contributed by atoms with Gasteiger partial charge in [-0.15, -0.1) is 11.3 Å². The monoisotopic (exact) mass is 182 g/mol. The standard InChI is InChI=1S/C5H5F3N2S/c1-9-4-10-3(2-11-4)5(6,7)8/h2H,1H3,(H,9,10). The minimum absolute atomic E-state index is 0.275. The van der Waals surface area contributed by atoms with Gasteiger partial charge in [-0.05, 0) is 0 Å². The summed E-state index contributed by atoms with van der Waals surface area (Å²) in [6, 6.07) is 0. The van der Waals surface area contributed by atoms with Gasteiger partial charge in [-0.3, -0.25) is 0 Å². The summed E-state index contributed by atoms with van der Waals surface area (Å²) in [5.74, 6) is 0. The molecule has 62 valence electrons. The van der Waals surface area contributed by atoms with E-state index in [1.165, 1.54) is 7.05 Å². The zero-order chi connectivity index (χ0) is 8.48. The molecule has 0 aliphatic heterocycles. The number of anilines is 1. The fraction of sp³-hybridized carbons (Fsp3) is 0.400. The molecule has 0 radical (unpaired) electrons. The van der Waals surface area contributed by atoms with Gasteiger partial charge in [0.1, 0.15) is 0 Å². The Balaban J connectivity index is 2.89. The van der Waals surface area contributed by atoms with Gasteiger partial charge in [0, 0.05) is 12.4 Å². The average Bonchev–Trinajstić information content (AvgIpc) is 2.32. The first-order valence-corrected chi connectivity index (χ1v) is 3.62. The van der Waals surface area contributed by atoms with E-state index in [2.05, 4.69) is 10.3 Å². The van der Waals surface area contributed by atoms with Gasteiger partial charge in [-0.1, -0.05) is 0 Å². The van der Waals surface area contributed by atoms with Crippen LogP contribution in [0.15, 0.2) is 5.38 Å². The minimum Gasteiger partial charge on any atom is -0.365 e. The quantitative estimate of drug-likeness (QED) is 0.720. The Labute approximate surface area is 65.1 Å². The van der Waals surface area contributed by atoms with Crippen LogP contribution >= 0.6 is 11.3 Å². The molecule has 0 atom stereocenters. The third kappa shape index (κ3) is 1.83. The molecule has 0 bridgehead atoms. The number of nitrogens with one attached hydrogen (secondary N) is 1. The fourth-order valence-corrected chi connectivity index (χ4v) is 1.20. The molecule has 0 saturated carbocycles.